The molecule has 0 fully saturated rings. The Morgan fingerprint density at radius 2 is 1.91 bits per heavy atom. The lowest BCUT2D eigenvalue weighted by Crippen LogP contribution is -2.41. The van der Waals surface area contributed by atoms with Crippen molar-refractivity contribution >= 4 is 21.8 Å². The molecule has 0 radical (unpaired) electrons. The number of ether oxygens (including phenoxy) is 1. The van der Waals surface area contributed by atoms with Gasteiger partial charge in [0, 0.05) is 35.5 Å². The van der Waals surface area contributed by atoms with E-state index in [1.54, 1.807) is 6.92 Å². The SMILES string of the molecule is Cc1[nH]c(=O)c(Br)c(OCc2ccc(F)cc2F)c1Cc1cnc(CNC(=O)C(C)(C)O)cn1. The minimum atomic E-state index is -1.50. The van der Waals surface area contributed by atoms with Crippen LogP contribution in [-0.2, 0) is 24.4 Å². The minimum absolute atomic E-state index is 0.0942. The van der Waals surface area contributed by atoms with E-state index in [9.17, 15) is 23.5 Å². The summed E-state index contributed by atoms with van der Waals surface area (Å²) in [5.41, 5.74) is 0.392. The fourth-order valence-electron chi connectivity index (χ4n) is 2.99. The molecule has 3 rings (SSSR count). The smallest absolute Gasteiger partial charge is 0.266 e. The van der Waals surface area contributed by atoms with E-state index >= 15 is 0 Å². The van der Waals surface area contributed by atoms with E-state index in [-0.39, 0.29) is 35.4 Å². The van der Waals surface area contributed by atoms with Crippen LogP contribution >= 0.6 is 15.9 Å². The van der Waals surface area contributed by atoms with Crippen molar-refractivity contribution in [1.82, 2.24) is 20.3 Å². The number of nitrogens with zero attached hydrogens (tertiary/aromatic N) is 2. The Balaban J connectivity index is 1.79. The summed E-state index contributed by atoms with van der Waals surface area (Å²) in [6.45, 7) is 4.34. The van der Waals surface area contributed by atoms with Crippen molar-refractivity contribution in [1.29, 1.82) is 0 Å². The molecular formula is C23H23BrF2N4O4. The second-order valence-electron chi connectivity index (χ2n) is 8.14. The zero-order valence-corrected chi connectivity index (χ0v) is 20.3. The predicted molar refractivity (Wildman–Crippen MR) is 123 cm³/mol. The first-order valence-electron chi connectivity index (χ1n) is 10.2. The quantitative estimate of drug-likeness (QED) is 0.407. The number of H-pyrrole nitrogens is 1. The molecule has 1 amide bonds. The summed E-state index contributed by atoms with van der Waals surface area (Å²) in [4.78, 5) is 35.4. The highest BCUT2D eigenvalue weighted by atomic mass is 79.9. The molecule has 0 spiro atoms. The number of aromatic nitrogens is 3. The van der Waals surface area contributed by atoms with Gasteiger partial charge in [-0.05, 0) is 48.8 Å². The monoisotopic (exact) mass is 536 g/mol. The molecule has 3 N–H and O–H groups in total. The number of amides is 1. The van der Waals surface area contributed by atoms with E-state index in [2.05, 4.69) is 36.2 Å². The second-order valence-corrected chi connectivity index (χ2v) is 8.94. The molecule has 0 saturated heterocycles. The normalized spacial score (nSPS) is 11.4. The lowest BCUT2D eigenvalue weighted by Gasteiger charge is -2.16. The first-order valence-corrected chi connectivity index (χ1v) is 11.0. The number of carbonyl (C=O) groups excluding carboxylic acids is 1. The van der Waals surface area contributed by atoms with Crippen molar-refractivity contribution in [2.24, 2.45) is 0 Å². The number of aromatic amines is 1. The van der Waals surface area contributed by atoms with E-state index < -0.39 is 28.7 Å². The summed E-state index contributed by atoms with van der Waals surface area (Å²) in [6.07, 6.45) is 3.25. The number of halogens is 3. The van der Waals surface area contributed by atoms with Crippen LogP contribution in [0.3, 0.4) is 0 Å². The standard InChI is InChI=1S/C23H23BrF2N4O4/c1-12-17(7-15-8-28-16(9-27-15)10-29-22(32)23(2,3)33)20(19(24)21(31)30-12)34-11-13-4-5-14(25)6-18(13)26/h4-6,8-9,33H,7,10-11H2,1-3H3,(H,29,32)(H,30,31). The Bertz CT molecular complexity index is 1260. The molecule has 0 aliphatic rings. The maximum atomic E-state index is 14.0. The van der Waals surface area contributed by atoms with E-state index in [0.29, 0.717) is 22.6 Å². The van der Waals surface area contributed by atoms with Crippen molar-refractivity contribution in [3.05, 3.63) is 85.3 Å². The van der Waals surface area contributed by atoms with Crippen LogP contribution in [0.5, 0.6) is 5.75 Å². The summed E-state index contributed by atoms with van der Waals surface area (Å²) >= 11 is 3.22. The number of aliphatic hydroxyl groups is 1. The fraction of sp³-hybridized carbons (Fsp3) is 0.304. The highest BCUT2D eigenvalue weighted by Crippen LogP contribution is 2.30. The molecule has 0 atom stereocenters. The molecule has 11 heteroatoms. The molecule has 0 bridgehead atoms. The molecule has 0 saturated carbocycles. The van der Waals surface area contributed by atoms with E-state index in [4.69, 9.17) is 4.74 Å². The molecule has 8 nitrogen and oxygen atoms in total. The summed E-state index contributed by atoms with van der Waals surface area (Å²) in [6, 6.07) is 3.17. The number of rotatable bonds is 8. The maximum Gasteiger partial charge on any atom is 0.266 e. The number of carbonyl (C=O) groups is 1. The zero-order valence-electron chi connectivity index (χ0n) is 18.7. The number of hydrogen-bond acceptors (Lipinski definition) is 6. The molecule has 1 aromatic carbocycles. The van der Waals surface area contributed by atoms with Gasteiger partial charge < -0.3 is 20.1 Å². The third-order valence-corrected chi connectivity index (χ3v) is 5.64. The van der Waals surface area contributed by atoms with Gasteiger partial charge in [0.2, 0.25) is 0 Å². The van der Waals surface area contributed by atoms with Gasteiger partial charge in [-0.2, -0.15) is 0 Å². The van der Waals surface area contributed by atoms with Crippen LogP contribution in [0.4, 0.5) is 8.78 Å². The Labute approximate surface area is 202 Å². The summed E-state index contributed by atoms with van der Waals surface area (Å²) < 4.78 is 33.1. The fourth-order valence-corrected chi connectivity index (χ4v) is 3.44. The molecule has 2 heterocycles. The molecular weight excluding hydrogens is 514 g/mol. The van der Waals surface area contributed by atoms with Gasteiger partial charge in [0.05, 0.1) is 24.1 Å². The van der Waals surface area contributed by atoms with E-state index in [1.807, 2.05) is 0 Å². The number of nitrogens with one attached hydrogen (secondary N) is 2. The molecule has 0 aliphatic heterocycles. The topological polar surface area (TPSA) is 117 Å². The van der Waals surface area contributed by atoms with Crippen molar-refractivity contribution in [3.63, 3.8) is 0 Å². The minimum Gasteiger partial charge on any atom is -0.487 e. The molecule has 34 heavy (non-hydrogen) atoms. The van der Waals surface area contributed by atoms with Crippen LogP contribution in [0.2, 0.25) is 0 Å². The van der Waals surface area contributed by atoms with Gasteiger partial charge in [0.1, 0.15) is 34.1 Å². The Morgan fingerprint density at radius 1 is 1.24 bits per heavy atom. The van der Waals surface area contributed by atoms with Crippen molar-refractivity contribution in [3.8, 4) is 5.75 Å². The number of aryl methyl sites for hydroxylation is 1. The van der Waals surface area contributed by atoms with Gasteiger partial charge in [-0.1, -0.05) is 0 Å². The molecule has 0 unspecified atom stereocenters. The lowest BCUT2D eigenvalue weighted by atomic mass is 10.1. The van der Waals surface area contributed by atoms with Gasteiger partial charge in [-0.15, -0.1) is 0 Å². The van der Waals surface area contributed by atoms with Crippen molar-refractivity contribution in [2.75, 3.05) is 0 Å². The first-order chi connectivity index (χ1) is 16.0. The number of hydrogen-bond donors (Lipinski definition) is 3. The van der Waals surface area contributed by atoms with Gasteiger partial charge in [0.15, 0.2) is 0 Å². The third-order valence-electron chi connectivity index (χ3n) is 4.92. The average Bonchev–Trinajstić information content (AvgIpc) is 2.76. The molecule has 3 aromatic rings. The zero-order chi connectivity index (χ0) is 25.0. The lowest BCUT2D eigenvalue weighted by molar-refractivity contribution is -0.136. The summed E-state index contributed by atoms with van der Waals surface area (Å²) in [7, 11) is 0. The van der Waals surface area contributed by atoms with Gasteiger partial charge in [-0.25, -0.2) is 8.78 Å². The summed E-state index contributed by atoms with van der Waals surface area (Å²) in [5.74, 6) is -1.77. The highest BCUT2D eigenvalue weighted by Gasteiger charge is 2.23. The first kappa shape index (κ1) is 25.4. The van der Waals surface area contributed by atoms with Gasteiger partial charge >= 0.3 is 0 Å². The Kier molecular flexibility index (Phi) is 7.78. The largest absolute Gasteiger partial charge is 0.487 e. The van der Waals surface area contributed by atoms with Gasteiger partial charge in [0.25, 0.3) is 11.5 Å². The molecule has 2 aromatic heterocycles. The van der Waals surface area contributed by atoms with Crippen molar-refractivity contribution < 1.29 is 23.4 Å². The highest BCUT2D eigenvalue weighted by molar-refractivity contribution is 9.10. The van der Waals surface area contributed by atoms with E-state index in [1.165, 1.54) is 32.3 Å². The number of benzene rings is 1. The summed E-state index contributed by atoms with van der Waals surface area (Å²) in [5, 5.41) is 12.3. The van der Waals surface area contributed by atoms with Crippen LogP contribution in [0.1, 0.15) is 42.1 Å². The average molecular weight is 537 g/mol. The third kappa shape index (κ3) is 6.23. The maximum absolute atomic E-state index is 14.0. The molecule has 180 valence electrons. The van der Waals surface area contributed by atoms with Crippen LogP contribution in [-0.4, -0.2) is 31.6 Å². The van der Waals surface area contributed by atoms with Crippen LogP contribution < -0.4 is 15.6 Å². The van der Waals surface area contributed by atoms with E-state index in [0.717, 1.165) is 12.1 Å². The van der Waals surface area contributed by atoms with Crippen LogP contribution in [0.15, 0.2) is 39.9 Å². The second kappa shape index (κ2) is 10.4. The van der Waals surface area contributed by atoms with Crippen LogP contribution in [0, 0.1) is 18.6 Å². The Hall–Kier alpha value is -3.18. The van der Waals surface area contributed by atoms with Crippen molar-refractivity contribution in [2.45, 2.75) is 45.9 Å². The van der Waals surface area contributed by atoms with Crippen LogP contribution in [0.25, 0.3) is 0 Å². The Morgan fingerprint density at radius 3 is 2.53 bits per heavy atom. The van der Waals surface area contributed by atoms with Gasteiger partial charge in [-0.3, -0.25) is 19.6 Å². The number of pyridine rings is 1. The molecule has 0 aliphatic carbocycles. The predicted octanol–water partition coefficient (Wildman–Crippen LogP) is 3.07.